The molecule has 1 aliphatic heterocycles. The molecule has 1 atom stereocenters. The third kappa shape index (κ3) is 4.10. The van der Waals surface area contributed by atoms with Crippen LogP contribution in [0.2, 0.25) is 0 Å². The Morgan fingerprint density at radius 3 is 2.00 bits per heavy atom. The van der Waals surface area contributed by atoms with Crippen molar-refractivity contribution in [3.8, 4) is 0 Å². The fraction of sp³-hybridized carbons (Fsp3) is 1.00. The van der Waals surface area contributed by atoms with Gasteiger partial charge in [-0.15, -0.1) is 0 Å². The quantitative estimate of drug-likeness (QED) is 0.667. The van der Waals surface area contributed by atoms with Gasteiger partial charge in [0.2, 0.25) is 0 Å². The zero-order valence-corrected chi connectivity index (χ0v) is 9.34. The number of hydrogen-bond acceptors (Lipinski definition) is 2. The van der Waals surface area contributed by atoms with Gasteiger partial charge in [0.25, 0.3) is 0 Å². The number of nitrogens with zero attached hydrogens (tertiary/aromatic N) is 1. The van der Waals surface area contributed by atoms with Crippen LogP contribution in [0.3, 0.4) is 0 Å². The van der Waals surface area contributed by atoms with E-state index >= 15 is 0 Å². The van der Waals surface area contributed by atoms with Gasteiger partial charge < -0.3 is 10.2 Å². The van der Waals surface area contributed by atoms with Crippen LogP contribution in [0.5, 0.6) is 0 Å². The van der Waals surface area contributed by atoms with Gasteiger partial charge in [-0.25, -0.2) is 0 Å². The Kier molecular flexibility index (Phi) is 4.74. The van der Waals surface area contributed by atoms with E-state index in [-0.39, 0.29) is 0 Å². The Hall–Kier alpha value is -0.0800. The highest BCUT2D eigenvalue weighted by atomic mass is 15.2. The number of hydrogen-bond donors (Lipinski definition) is 1. The summed E-state index contributed by atoms with van der Waals surface area (Å²) < 4.78 is 0. The van der Waals surface area contributed by atoms with Crippen molar-refractivity contribution in [1.82, 2.24) is 10.2 Å². The molecule has 1 unspecified atom stereocenters. The lowest BCUT2D eigenvalue weighted by molar-refractivity contribution is 0.346. The summed E-state index contributed by atoms with van der Waals surface area (Å²) in [5, 5.41) is 3.25. The summed E-state index contributed by atoms with van der Waals surface area (Å²) in [6, 6.07) is 0.750. The molecule has 2 aliphatic rings. The van der Waals surface area contributed by atoms with E-state index in [4.69, 9.17) is 0 Å². The Bertz CT molecular complexity index is 132. The third-order valence-corrected chi connectivity index (χ3v) is 3.19. The van der Waals surface area contributed by atoms with Crippen LogP contribution in [0.1, 0.15) is 32.6 Å². The number of likely N-dealkylation sites (tertiary alicyclic amines) is 1. The first kappa shape index (κ1) is 11.0. The fourth-order valence-corrected chi connectivity index (χ4v) is 1.78. The molecule has 1 N–H and O–H groups in total. The summed E-state index contributed by atoms with van der Waals surface area (Å²) in [5.74, 6) is 1.06. The Morgan fingerprint density at radius 2 is 1.85 bits per heavy atom. The number of nitrogens with one attached hydrogen (secondary N) is 1. The molecule has 1 heterocycles. The molecule has 0 aromatic heterocycles. The maximum atomic E-state index is 3.25. The van der Waals surface area contributed by atoms with Gasteiger partial charge in [0.1, 0.15) is 0 Å². The molecule has 78 valence electrons. The Balaban J connectivity index is 0.000000145. The van der Waals surface area contributed by atoms with Gasteiger partial charge in [-0.1, -0.05) is 26.2 Å². The van der Waals surface area contributed by atoms with Crippen molar-refractivity contribution >= 4 is 0 Å². The molecule has 0 aromatic carbocycles. The topological polar surface area (TPSA) is 15.3 Å². The van der Waals surface area contributed by atoms with Crippen molar-refractivity contribution in [3.05, 3.63) is 0 Å². The van der Waals surface area contributed by atoms with E-state index in [1.165, 1.54) is 38.8 Å². The zero-order chi connectivity index (χ0) is 9.68. The van der Waals surface area contributed by atoms with Crippen molar-refractivity contribution in [2.75, 3.05) is 27.2 Å². The van der Waals surface area contributed by atoms with Gasteiger partial charge in [-0.3, -0.25) is 0 Å². The molecule has 0 aromatic rings. The van der Waals surface area contributed by atoms with E-state index in [0.29, 0.717) is 0 Å². The number of likely N-dealkylation sites (N-methyl/N-ethyl adjacent to an activating group) is 2. The van der Waals surface area contributed by atoms with Crippen LogP contribution in [0, 0.1) is 5.92 Å². The molecule has 2 fully saturated rings. The van der Waals surface area contributed by atoms with Crippen LogP contribution in [0.15, 0.2) is 0 Å². The second kappa shape index (κ2) is 5.61. The minimum Gasteiger partial charge on any atom is -0.316 e. The normalized spacial score (nSPS) is 29.3. The van der Waals surface area contributed by atoms with Gasteiger partial charge in [0, 0.05) is 12.6 Å². The number of rotatable bonds is 1. The lowest BCUT2D eigenvalue weighted by atomic mass is 9.88. The van der Waals surface area contributed by atoms with Gasteiger partial charge >= 0.3 is 0 Å². The van der Waals surface area contributed by atoms with Crippen LogP contribution in [0.25, 0.3) is 0 Å². The largest absolute Gasteiger partial charge is 0.316 e. The molecular formula is C11H24N2. The molecule has 2 heteroatoms. The van der Waals surface area contributed by atoms with E-state index in [9.17, 15) is 0 Å². The van der Waals surface area contributed by atoms with E-state index in [0.717, 1.165) is 12.0 Å². The molecule has 0 radical (unpaired) electrons. The first-order valence-electron chi connectivity index (χ1n) is 5.58. The molecule has 0 amide bonds. The van der Waals surface area contributed by atoms with Crippen molar-refractivity contribution in [1.29, 1.82) is 0 Å². The van der Waals surface area contributed by atoms with Crippen LogP contribution >= 0.6 is 0 Å². The van der Waals surface area contributed by atoms with Gasteiger partial charge in [-0.2, -0.15) is 0 Å². The SMILES string of the molecule is CC1CCC1.CNC1CCN(C)C1. The molecule has 0 spiro atoms. The van der Waals surface area contributed by atoms with E-state index in [1.54, 1.807) is 0 Å². The van der Waals surface area contributed by atoms with Gasteiger partial charge in [-0.05, 0) is 33.0 Å². The summed E-state index contributed by atoms with van der Waals surface area (Å²) in [5.41, 5.74) is 0. The monoisotopic (exact) mass is 184 g/mol. The molecule has 1 aliphatic carbocycles. The zero-order valence-electron chi connectivity index (χ0n) is 9.34. The molecule has 1 saturated heterocycles. The molecule has 1 saturated carbocycles. The summed E-state index contributed by atoms with van der Waals surface area (Å²) >= 11 is 0. The summed E-state index contributed by atoms with van der Waals surface area (Å²) in [6.45, 7) is 4.78. The van der Waals surface area contributed by atoms with Crippen LogP contribution in [-0.2, 0) is 0 Å². The summed E-state index contributed by atoms with van der Waals surface area (Å²) in [7, 11) is 4.20. The van der Waals surface area contributed by atoms with Crippen molar-refractivity contribution in [2.24, 2.45) is 5.92 Å². The average Bonchev–Trinajstić information content (AvgIpc) is 2.49. The predicted molar refractivity (Wildman–Crippen MR) is 58.0 cm³/mol. The average molecular weight is 184 g/mol. The van der Waals surface area contributed by atoms with Crippen molar-refractivity contribution in [3.63, 3.8) is 0 Å². The predicted octanol–water partition coefficient (Wildman–Crippen LogP) is 1.72. The minimum atomic E-state index is 0.750. The van der Waals surface area contributed by atoms with Gasteiger partial charge in [0.15, 0.2) is 0 Å². The van der Waals surface area contributed by atoms with Crippen LogP contribution in [-0.4, -0.2) is 38.1 Å². The molecule has 2 rings (SSSR count). The second-order valence-corrected chi connectivity index (χ2v) is 4.57. The highest BCUT2D eigenvalue weighted by Gasteiger charge is 2.16. The summed E-state index contributed by atoms with van der Waals surface area (Å²) in [6.07, 6.45) is 5.77. The third-order valence-electron chi connectivity index (χ3n) is 3.19. The lowest BCUT2D eigenvalue weighted by Gasteiger charge is -2.18. The van der Waals surface area contributed by atoms with Crippen LogP contribution < -0.4 is 5.32 Å². The lowest BCUT2D eigenvalue weighted by Crippen LogP contribution is -2.27. The van der Waals surface area contributed by atoms with Gasteiger partial charge in [0.05, 0.1) is 0 Å². The second-order valence-electron chi connectivity index (χ2n) is 4.57. The van der Waals surface area contributed by atoms with E-state index in [1.807, 2.05) is 7.05 Å². The Labute approximate surface area is 82.7 Å². The molecule has 0 bridgehead atoms. The fourth-order valence-electron chi connectivity index (χ4n) is 1.78. The highest BCUT2D eigenvalue weighted by Crippen LogP contribution is 2.24. The first-order valence-corrected chi connectivity index (χ1v) is 5.58. The molecule has 2 nitrogen and oxygen atoms in total. The van der Waals surface area contributed by atoms with E-state index in [2.05, 4.69) is 24.2 Å². The maximum Gasteiger partial charge on any atom is 0.0204 e. The Morgan fingerprint density at radius 1 is 1.23 bits per heavy atom. The highest BCUT2D eigenvalue weighted by molar-refractivity contribution is 4.76. The maximum absolute atomic E-state index is 3.25. The first-order chi connectivity index (χ1) is 6.22. The minimum absolute atomic E-state index is 0.750. The smallest absolute Gasteiger partial charge is 0.0204 e. The summed E-state index contributed by atoms with van der Waals surface area (Å²) in [4.78, 5) is 2.35. The van der Waals surface area contributed by atoms with Crippen molar-refractivity contribution < 1.29 is 0 Å². The van der Waals surface area contributed by atoms with E-state index < -0.39 is 0 Å². The molecular weight excluding hydrogens is 160 g/mol. The molecule has 13 heavy (non-hydrogen) atoms. The van der Waals surface area contributed by atoms with Crippen LogP contribution in [0.4, 0.5) is 0 Å². The van der Waals surface area contributed by atoms with Crippen molar-refractivity contribution in [2.45, 2.75) is 38.6 Å². The standard InChI is InChI=1S/C6H14N2.C5H10/c1-7-6-3-4-8(2)5-6;1-5-3-2-4-5/h6-7H,3-5H2,1-2H3;5H,2-4H2,1H3.